The van der Waals surface area contributed by atoms with E-state index in [4.69, 9.17) is 15.3 Å². The van der Waals surface area contributed by atoms with Crippen LogP contribution in [-0.2, 0) is 4.79 Å². The van der Waals surface area contributed by atoms with Crippen LogP contribution in [0.25, 0.3) is 0 Å². The average molecular weight is 248 g/mol. The molecule has 0 aliphatic heterocycles. The molecule has 0 fully saturated rings. The summed E-state index contributed by atoms with van der Waals surface area (Å²) < 4.78 is 5.59. The Hall–Kier alpha value is -0.810. The van der Waals surface area contributed by atoms with Gasteiger partial charge in [0.25, 0.3) is 0 Å². The molecule has 1 rings (SSSR count). The van der Waals surface area contributed by atoms with Crippen molar-refractivity contribution in [3.05, 3.63) is 22.6 Å². The maximum absolute atomic E-state index is 10.5. The second-order valence-electron chi connectivity index (χ2n) is 2.71. The maximum Gasteiger partial charge on any atom is 0.304 e. The second kappa shape index (κ2) is 4.43. The first kappa shape index (κ1) is 10.3. The van der Waals surface area contributed by atoms with Gasteiger partial charge in [0.1, 0.15) is 0 Å². The second-order valence-corrected chi connectivity index (χ2v) is 3.50. The van der Waals surface area contributed by atoms with E-state index >= 15 is 0 Å². The molecule has 72 valence electrons. The Kier molecular flexibility index (Phi) is 3.50. The first-order chi connectivity index (χ1) is 6.13. The Bertz CT molecular complexity index is 297. The Balaban J connectivity index is 2.72. The summed E-state index contributed by atoms with van der Waals surface area (Å²) >= 11 is 3.14. The van der Waals surface area contributed by atoms with Crippen LogP contribution >= 0.6 is 15.9 Å². The number of hydrogen-bond donors (Lipinski definition) is 2. The largest absolute Gasteiger partial charge is 0.481 e. The lowest BCUT2D eigenvalue weighted by Gasteiger charge is -2.08. The van der Waals surface area contributed by atoms with Gasteiger partial charge in [0.05, 0.1) is 12.7 Å². The summed E-state index contributed by atoms with van der Waals surface area (Å²) in [7, 11) is 0. The van der Waals surface area contributed by atoms with Crippen LogP contribution in [0.15, 0.2) is 21.4 Å². The first-order valence-electron chi connectivity index (χ1n) is 3.79. The fraction of sp³-hybridized carbons (Fsp3) is 0.375. The molecule has 0 aliphatic rings. The molecule has 3 N–H and O–H groups in total. The van der Waals surface area contributed by atoms with E-state index in [0.717, 1.165) is 5.56 Å². The van der Waals surface area contributed by atoms with Crippen LogP contribution in [0.3, 0.4) is 0 Å². The van der Waals surface area contributed by atoms with E-state index in [2.05, 4.69) is 15.9 Å². The smallest absolute Gasteiger partial charge is 0.304 e. The summed E-state index contributed by atoms with van der Waals surface area (Å²) in [5.41, 5.74) is 6.26. The number of carbonyl (C=O) groups is 1. The van der Waals surface area contributed by atoms with Gasteiger partial charge in [0, 0.05) is 5.92 Å². The quantitative estimate of drug-likeness (QED) is 0.847. The molecular formula is C8H10BrNO3. The molecule has 1 unspecified atom stereocenters. The number of nitrogens with two attached hydrogens (primary N) is 1. The van der Waals surface area contributed by atoms with E-state index in [9.17, 15) is 4.79 Å². The summed E-state index contributed by atoms with van der Waals surface area (Å²) in [6.07, 6.45) is 1.55. The van der Waals surface area contributed by atoms with Gasteiger partial charge in [-0.05, 0) is 34.1 Å². The lowest BCUT2D eigenvalue weighted by Crippen LogP contribution is -2.15. The molecule has 0 aromatic carbocycles. The van der Waals surface area contributed by atoms with Crippen LogP contribution < -0.4 is 5.73 Å². The predicted molar refractivity (Wildman–Crippen MR) is 50.5 cm³/mol. The van der Waals surface area contributed by atoms with Gasteiger partial charge >= 0.3 is 5.97 Å². The zero-order valence-corrected chi connectivity index (χ0v) is 8.45. The Morgan fingerprint density at radius 3 is 2.85 bits per heavy atom. The van der Waals surface area contributed by atoms with Gasteiger partial charge in [0.15, 0.2) is 4.67 Å². The fourth-order valence-corrected chi connectivity index (χ4v) is 1.44. The predicted octanol–water partition coefficient (Wildman–Crippen LogP) is 1.56. The Labute approximate surface area is 83.8 Å². The molecule has 0 saturated heterocycles. The molecule has 0 saturated carbocycles. The van der Waals surface area contributed by atoms with Gasteiger partial charge in [-0.25, -0.2) is 0 Å². The van der Waals surface area contributed by atoms with Gasteiger partial charge in [-0.1, -0.05) is 0 Å². The van der Waals surface area contributed by atoms with Crippen molar-refractivity contribution in [1.29, 1.82) is 0 Å². The summed E-state index contributed by atoms with van der Waals surface area (Å²) in [6.45, 7) is 0.304. The lowest BCUT2D eigenvalue weighted by atomic mass is 9.99. The van der Waals surface area contributed by atoms with E-state index in [1.807, 2.05) is 0 Å². The van der Waals surface area contributed by atoms with Gasteiger partial charge in [-0.2, -0.15) is 0 Å². The van der Waals surface area contributed by atoms with E-state index in [1.165, 1.54) is 6.26 Å². The zero-order valence-electron chi connectivity index (χ0n) is 6.87. The van der Waals surface area contributed by atoms with Crippen LogP contribution in [0.5, 0.6) is 0 Å². The van der Waals surface area contributed by atoms with Gasteiger partial charge in [-0.15, -0.1) is 0 Å². The van der Waals surface area contributed by atoms with Crippen molar-refractivity contribution in [2.75, 3.05) is 6.54 Å². The summed E-state index contributed by atoms with van der Waals surface area (Å²) in [4.78, 5) is 10.5. The minimum absolute atomic E-state index is 0.0302. The van der Waals surface area contributed by atoms with Gasteiger partial charge in [-0.3, -0.25) is 4.79 Å². The van der Waals surface area contributed by atoms with Gasteiger partial charge < -0.3 is 15.3 Å². The Morgan fingerprint density at radius 2 is 2.46 bits per heavy atom. The Morgan fingerprint density at radius 1 is 1.77 bits per heavy atom. The molecule has 0 radical (unpaired) electrons. The van der Waals surface area contributed by atoms with Crippen molar-refractivity contribution >= 4 is 21.9 Å². The molecule has 1 aromatic heterocycles. The zero-order chi connectivity index (χ0) is 9.84. The van der Waals surface area contributed by atoms with Crippen LogP contribution in [0, 0.1) is 0 Å². The highest BCUT2D eigenvalue weighted by molar-refractivity contribution is 9.10. The number of halogens is 1. The molecule has 0 amide bonds. The van der Waals surface area contributed by atoms with Crippen molar-refractivity contribution < 1.29 is 14.3 Å². The minimum atomic E-state index is -0.854. The molecule has 1 atom stereocenters. The number of rotatable bonds is 4. The third-order valence-electron chi connectivity index (χ3n) is 1.76. The summed E-state index contributed by atoms with van der Waals surface area (Å²) in [5.74, 6) is -1.03. The monoisotopic (exact) mass is 247 g/mol. The van der Waals surface area contributed by atoms with Crippen molar-refractivity contribution in [3.63, 3.8) is 0 Å². The van der Waals surface area contributed by atoms with Crippen LogP contribution in [0.4, 0.5) is 0 Å². The van der Waals surface area contributed by atoms with Crippen LogP contribution in [-0.4, -0.2) is 17.6 Å². The third-order valence-corrected chi connectivity index (χ3v) is 2.18. The minimum Gasteiger partial charge on any atom is -0.481 e. The molecule has 1 aromatic rings. The number of carboxylic acid groups (broad SMARTS) is 1. The highest BCUT2D eigenvalue weighted by Crippen LogP contribution is 2.23. The SMILES string of the molecule is NCC(CC(=O)O)c1coc(Br)c1. The molecule has 0 spiro atoms. The van der Waals surface area contributed by atoms with E-state index in [1.54, 1.807) is 6.07 Å². The number of hydrogen-bond acceptors (Lipinski definition) is 3. The standard InChI is InChI=1S/C8H10BrNO3/c9-7-1-6(4-13-7)5(3-10)2-8(11)12/h1,4-5H,2-3,10H2,(H,11,12). The van der Waals surface area contributed by atoms with Crippen molar-refractivity contribution in [2.45, 2.75) is 12.3 Å². The highest BCUT2D eigenvalue weighted by atomic mass is 79.9. The first-order valence-corrected chi connectivity index (χ1v) is 4.58. The average Bonchev–Trinajstić information content (AvgIpc) is 2.47. The normalized spacial score (nSPS) is 12.8. The van der Waals surface area contributed by atoms with Crippen molar-refractivity contribution in [3.8, 4) is 0 Å². The molecule has 0 aliphatic carbocycles. The number of furan rings is 1. The molecule has 5 heteroatoms. The lowest BCUT2D eigenvalue weighted by molar-refractivity contribution is -0.137. The highest BCUT2D eigenvalue weighted by Gasteiger charge is 2.15. The van der Waals surface area contributed by atoms with E-state index < -0.39 is 5.97 Å². The van der Waals surface area contributed by atoms with Gasteiger partial charge in [0.2, 0.25) is 0 Å². The van der Waals surface area contributed by atoms with E-state index in [0.29, 0.717) is 11.2 Å². The molecule has 0 bridgehead atoms. The van der Waals surface area contributed by atoms with Crippen LogP contribution in [0.2, 0.25) is 0 Å². The summed E-state index contributed by atoms with van der Waals surface area (Å²) in [6, 6.07) is 1.74. The van der Waals surface area contributed by atoms with Crippen molar-refractivity contribution in [2.24, 2.45) is 5.73 Å². The fourth-order valence-electron chi connectivity index (χ4n) is 1.09. The van der Waals surface area contributed by atoms with E-state index in [-0.39, 0.29) is 12.3 Å². The topological polar surface area (TPSA) is 76.5 Å². The number of aliphatic carboxylic acids is 1. The molecule has 13 heavy (non-hydrogen) atoms. The molecule has 1 heterocycles. The molecule has 4 nitrogen and oxygen atoms in total. The summed E-state index contributed by atoms with van der Waals surface area (Å²) in [5, 5.41) is 8.59. The molecular weight excluding hydrogens is 238 g/mol. The van der Waals surface area contributed by atoms with Crippen molar-refractivity contribution in [1.82, 2.24) is 0 Å². The number of carboxylic acids is 1. The van der Waals surface area contributed by atoms with Crippen LogP contribution in [0.1, 0.15) is 17.9 Å². The maximum atomic E-state index is 10.5. The third kappa shape index (κ3) is 2.86.